The van der Waals surface area contributed by atoms with Gasteiger partial charge in [0.25, 0.3) is 5.91 Å². The number of fused-ring (bicyclic) bond motifs is 5. The molecule has 6 atom stereocenters. The van der Waals surface area contributed by atoms with E-state index >= 15 is 0 Å². The molecule has 0 radical (unpaired) electrons. The fourth-order valence-electron chi connectivity index (χ4n) is 8.24. The molecule has 5 heterocycles. The molecule has 3 saturated heterocycles. The van der Waals surface area contributed by atoms with Crippen molar-refractivity contribution in [3.63, 3.8) is 0 Å². The molecule has 3 fully saturated rings. The largest absolute Gasteiger partial charge is 0.366 e. The van der Waals surface area contributed by atoms with Gasteiger partial charge < -0.3 is 30.6 Å². The molecule has 8 rings (SSSR count). The number of nitrogens with one attached hydrogen (secondary N) is 2. The zero-order valence-corrected chi connectivity index (χ0v) is 24.7. The summed E-state index contributed by atoms with van der Waals surface area (Å²) in [6, 6.07) is 16.1. The molecule has 0 saturated carbocycles. The smallest absolute Gasteiger partial charge is 0.278 e. The summed E-state index contributed by atoms with van der Waals surface area (Å²) in [5, 5.41) is 4.22. The lowest BCUT2D eigenvalue weighted by molar-refractivity contribution is -0.147. The van der Waals surface area contributed by atoms with E-state index in [1.807, 2.05) is 48.5 Å². The molecule has 5 aliphatic rings. The van der Waals surface area contributed by atoms with Crippen molar-refractivity contribution in [1.29, 1.82) is 0 Å². The first kappa shape index (κ1) is 26.7. The second-order valence-corrected chi connectivity index (χ2v) is 13.1. The van der Waals surface area contributed by atoms with E-state index in [9.17, 15) is 9.59 Å². The van der Waals surface area contributed by atoms with Crippen molar-refractivity contribution in [3.05, 3.63) is 89.8 Å². The minimum atomic E-state index is -1.48. The minimum absolute atomic E-state index is 0.0289. The Bertz CT molecular complexity index is 1700. The zero-order valence-electron chi connectivity index (χ0n) is 24.7. The average molecular weight is 579 g/mol. The van der Waals surface area contributed by atoms with Gasteiger partial charge in [-0.3, -0.25) is 14.5 Å². The van der Waals surface area contributed by atoms with Gasteiger partial charge in [-0.25, -0.2) is 0 Å². The third-order valence-electron chi connectivity index (χ3n) is 10.5. The number of amides is 2. The van der Waals surface area contributed by atoms with Crippen LogP contribution in [0.1, 0.15) is 36.5 Å². The lowest BCUT2D eigenvalue weighted by Gasteiger charge is -2.47. The molecule has 4 aliphatic heterocycles. The average Bonchev–Trinajstić information content (AvgIpc) is 3.71. The third-order valence-corrected chi connectivity index (χ3v) is 10.5. The molecular formula is C34H38N6O3. The fraction of sp³-hybridized carbons (Fsp3) is 0.412. The number of aromatic amines is 1. The van der Waals surface area contributed by atoms with Gasteiger partial charge in [-0.1, -0.05) is 55.1 Å². The highest BCUT2D eigenvalue weighted by Crippen LogP contribution is 2.46. The number of hydrogen-bond acceptors (Lipinski definition) is 6. The van der Waals surface area contributed by atoms with Crippen LogP contribution in [0.3, 0.4) is 0 Å². The van der Waals surface area contributed by atoms with Crippen molar-refractivity contribution in [1.82, 2.24) is 25.0 Å². The van der Waals surface area contributed by atoms with Crippen LogP contribution in [0.5, 0.6) is 0 Å². The molecule has 9 heteroatoms. The Morgan fingerprint density at radius 3 is 2.84 bits per heavy atom. The van der Waals surface area contributed by atoms with Gasteiger partial charge in [-0.15, -0.1) is 0 Å². The van der Waals surface area contributed by atoms with Crippen LogP contribution in [0.15, 0.2) is 73.1 Å². The summed E-state index contributed by atoms with van der Waals surface area (Å²) in [5.74, 6) is -0.967. The lowest BCUT2D eigenvalue weighted by atomic mass is 9.75. The molecule has 1 aromatic heterocycles. The summed E-state index contributed by atoms with van der Waals surface area (Å²) >= 11 is 0. The van der Waals surface area contributed by atoms with Gasteiger partial charge in [-0.2, -0.15) is 0 Å². The molecule has 1 aliphatic carbocycles. The molecule has 9 nitrogen and oxygen atoms in total. The van der Waals surface area contributed by atoms with Crippen LogP contribution in [0.4, 0.5) is 0 Å². The summed E-state index contributed by atoms with van der Waals surface area (Å²) in [6.07, 6.45) is 6.83. The highest BCUT2D eigenvalue weighted by Gasteiger charge is 2.60. The van der Waals surface area contributed by atoms with E-state index in [1.54, 1.807) is 6.92 Å². The van der Waals surface area contributed by atoms with Crippen LogP contribution in [0, 0.1) is 5.92 Å². The minimum Gasteiger partial charge on any atom is -0.366 e. The summed E-state index contributed by atoms with van der Waals surface area (Å²) in [4.78, 5) is 37.9. The molecule has 3 aromatic rings. The van der Waals surface area contributed by atoms with E-state index in [0.717, 1.165) is 52.7 Å². The lowest BCUT2D eigenvalue weighted by Crippen LogP contribution is -2.63. The van der Waals surface area contributed by atoms with E-state index in [2.05, 4.69) is 50.9 Å². The first-order valence-electron chi connectivity index (χ1n) is 15.3. The van der Waals surface area contributed by atoms with E-state index in [0.29, 0.717) is 19.4 Å². The maximum atomic E-state index is 14.3. The van der Waals surface area contributed by atoms with E-state index in [1.165, 1.54) is 5.56 Å². The van der Waals surface area contributed by atoms with Crippen molar-refractivity contribution in [2.24, 2.45) is 11.7 Å². The zero-order chi connectivity index (χ0) is 29.7. The summed E-state index contributed by atoms with van der Waals surface area (Å²) < 4.78 is 6.59. The Kier molecular flexibility index (Phi) is 5.76. The normalized spacial score (nSPS) is 33.3. The number of H-pyrrole nitrogens is 1. The summed E-state index contributed by atoms with van der Waals surface area (Å²) in [6.45, 7) is 7.49. The molecule has 222 valence electrons. The quantitative estimate of drug-likeness (QED) is 0.440. The molecule has 0 bridgehead atoms. The van der Waals surface area contributed by atoms with Crippen molar-refractivity contribution in [2.75, 3.05) is 20.1 Å². The number of hydrogen-bond donors (Lipinski definition) is 3. The number of rotatable bonds is 4. The number of carbonyl (C=O) groups is 2. The van der Waals surface area contributed by atoms with Gasteiger partial charge in [0.2, 0.25) is 11.6 Å². The second-order valence-electron chi connectivity index (χ2n) is 13.1. The van der Waals surface area contributed by atoms with Gasteiger partial charge in [-0.05, 0) is 61.6 Å². The first-order valence-corrected chi connectivity index (χ1v) is 15.3. The van der Waals surface area contributed by atoms with E-state index < -0.39 is 23.5 Å². The molecule has 43 heavy (non-hydrogen) atoms. The van der Waals surface area contributed by atoms with Crippen molar-refractivity contribution < 1.29 is 14.3 Å². The van der Waals surface area contributed by atoms with Gasteiger partial charge in [0, 0.05) is 42.3 Å². The Balaban J connectivity index is 1.10. The molecular weight excluding hydrogens is 540 g/mol. The van der Waals surface area contributed by atoms with E-state index in [4.69, 9.17) is 10.5 Å². The maximum Gasteiger partial charge on any atom is 0.278 e. The van der Waals surface area contributed by atoms with Gasteiger partial charge in [0.15, 0.2) is 6.23 Å². The summed E-state index contributed by atoms with van der Waals surface area (Å²) in [7, 11) is 1.97. The Hall–Kier alpha value is -3.92. The van der Waals surface area contributed by atoms with Gasteiger partial charge >= 0.3 is 0 Å². The number of ether oxygens (including phenoxy) is 1. The molecule has 0 spiro atoms. The van der Waals surface area contributed by atoms with Crippen molar-refractivity contribution >= 4 is 28.3 Å². The number of piperazine rings is 1. The highest BCUT2D eigenvalue weighted by atomic mass is 16.6. The number of nitrogens with two attached hydrogens (primary N) is 1. The van der Waals surface area contributed by atoms with Crippen molar-refractivity contribution in [3.8, 4) is 0 Å². The van der Waals surface area contributed by atoms with Crippen LogP contribution in [-0.4, -0.2) is 81.3 Å². The maximum absolute atomic E-state index is 14.3. The summed E-state index contributed by atoms with van der Waals surface area (Å²) in [5.41, 5.74) is 11.2. The number of carbonyl (C=O) groups excluding carboxylic acids is 2. The number of aromatic nitrogens is 1. The monoisotopic (exact) mass is 578 g/mol. The highest BCUT2D eigenvalue weighted by molar-refractivity contribution is 6.01. The second kappa shape index (κ2) is 9.29. The van der Waals surface area contributed by atoms with Crippen LogP contribution >= 0.6 is 0 Å². The van der Waals surface area contributed by atoms with E-state index in [-0.39, 0.29) is 23.9 Å². The number of likely N-dealkylation sites (N-methyl/N-ethyl adjacent to an activating group) is 1. The topological polar surface area (TPSA) is 107 Å². The van der Waals surface area contributed by atoms with Crippen molar-refractivity contribution in [2.45, 2.75) is 62.3 Å². The fourth-order valence-corrected chi connectivity index (χ4v) is 8.24. The van der Waals surface area contributed by atoms with Crippen LogP contribution in [0.2, 0.25) is 0 Å². The standard InChI is InChI=1S/C34H38N6O3/c1-20-28(15-21-9-5-4-6-10-21)40-31(27-13-8-14-39(20)27)43-33(2,32(40)42)37-30(41)22-16-25-24-11-7-12-26-29(24)23(18-36-26)17-34(25,35)38(3)19-22/h4-7,9-12,16,18,22,27-28,31,36H,1,8,13-15,17,19,35H2,2-3H3,(H,37,41)/t22-,27+,28?,31?,33-,34-/m1/s1. The predicted molar refractivity (Wildman–Crippen MR) is 164 cm³/mol. The predicted octanol–water partition coefficient (Wildman–Crippen LogP) is 2.94. The Morgan fingerprint density at radius 2 is 2.02 bits per heavy atom. The van der Waals surface area contributed by atoms with Gasteiger partial charge in [0.05, 0.1) is 23.7 Å². The molecule has 2 amide bonds. The Morgan fingerprint density at radius 1 is 1.21 bits per heavy atom. The molecule has 4 N–H and O–H groups in total. The van der Waals surface area contributed by atoms with Crippen LogP contribution < -0.4 is 11.1 Å². The number of benzene rings is 2. The molecule has 2 aromatic carbocycles. The first-order chi connectivity index (χ1) is 20.7. The van der Waals surface area contributed by atoms with Crippen LogP contribution in [0.25, 0.3) is 16.5 Å². The third kappa shape index (κ3) is 3.81. The Labute approximate surface area is 251 Å². The molecule has 2 unspecified atom stereocenters. The van der Waals surface area contributed by atoms with Crippen LogP contribution in [-0.2, 0) is 27.2 Å². The number of nitrogens with zero attached hydrogens (tertiary/aromatic N) is 3. The SMILES string of the molecule is C=C1C(Cc2ccccc2)N2C(=O)[C@](C)(NC(=O)[C@@H]3C=C4c5cccc6[nH]cc(c56)C[C@@]4(N)N(C)C3)OC2[C@@H]2CCCN12. The van der Waals surface area contributed by atoms with Gasteiger partial charge in [0.1, 0.15) is 0 Å².